The highest BCUT2D eigenvalue weighted by Crippen LogP contribution is 2.33. The number of fused-ring (bicyclic) bond motifs is 1. The van der Waals surface area contributed by atoms with Crippen molar-refractivity contribution in [2.45, 2.75) is 6.42 Å². The Hall–Kier alpha value is -3.66. The van der Waals surface area contributed by atoms with Gasteiger partial charge >= 0.3 is 0 Å². The van der Waals surface area contributed by atoms with Crippen LogP contribution in [-0.4, -0.2) is 18.8 Å². The van der Waals surface area contributed by atoms with Crippen LogP contribution in [0.25, 0.3) is 5.57 Å². The highest BCUT2D eigenvalue weighted by Gasteiger charge is 2.28. The van der Waals surface area contributed by atoms with E-state index in [4.69, 9.17) is 4.74 Å². The molecule has 0 saturated carbocycles. The number of carbonyl (C=O) groups is 2. The molecule has 1 amide bonds. The first-order valence-corrected chi connectivity index (χ1v) is 9.04. The zero-order valence-corrected chi connectivity index (χ0v) is 15.4. The van der Waals surface area contributed by atoms with Gasteiger partial charge in [-0.05, 0) is 34.9 Å². The smallest absolute Gasteiger partial charge is 0.259 e. The molecule has 4 rings (SSSR count). The average molecular weight is 369 g/mol. The molecule has 28 heavy (non-hydrogen) atoms. The van der Waals surface area contributed by atoms with Crippen LogP contribution in [0.2, 0.25) is 0 Å². The Labute approximate surface area is 163 Å². The number of ether oxygens (including phenoxy) is 1. The number of anilines is 1. The van der Waals surface area contributed by atoms with Crippen LogP contribution in [-0.2, 0) is 11.2 Å². The van der Waals surface area contributed by atoms with Crippen LogP contribution in [0.15, 0.2) is 84.4 Å². The quantitative estimate of drug-likeness (QED) is 0.543. The van der Waals surface area contributed by atoms with Crippen molar-refractivity contribution in [2.24, 2.45) is 0 Å². The van der Waals surface area contributed by atoms with Crippen molar-refractivity contribution in [1.82, 2.24) is 0 Å². The van der Waals surface area contributed by atoms with Crippen LogP contribution in [0, 0.1) is 0 Å². The van der Waals surface area contributed by atoms with Crippen LogP contribution < -0.4 is 10.1 Å². The summed E-state index contributed by atoms with van der Waals surface area (Å²) >= 11 is 0. The second kappa shape index (κ2) is 7.53. The monoisotopic (exact) mass is 369 g/mol. The van der Waals surface area contributed by atoms with Gasteiger partial charge in [-0.15, -0.1) is 0 Å². The minimum atomic E-state index is -0.385. The molecule has 0 aliphatic carbocycles. The maximum Gasteiger partial charge on any atom is 0.259 e. The number of Topliss-reactive ketones (excluding diaryl/α,β-unsaturated/α-hetero) is 1. The molecule has 0 aromatic heterocycles. The molecule has 1 N–H and O–H groups in total. The predicted molar refractivity (Wildman–Crippen MR) is 109 cm³/mol. The first-order valence-electron chi connectivity index (χ1n) is 9.04. The van der Waals surface area contributed by atoms with Gasteiger partial charge in [0.2, 0.25) is 0 Å². The van der Waals surface area contributed by atoms with Crippen molar-refractivity contribution >= 4 is 23.0 Å². The van der Waals surface area contributed by atoms with E-state index in [-0.39, 0.29) is 17.3 Å². The summed E-state index contributed by atoms with van der Waals surface area (Å²) in [6.45, 7) is 0. The van der Waals surface area contributed by atoms with Gasteiger partial charge in [0.05, 0.1) is 12.7 Å². The third-order valence-corrected chi connectivity index (χ3v) is 4.86. The minimum absolute atomic E-state index is 0.174. The van der Waals surface area contributed by atoms with Gasteiger partial charge in [-0.3, -0.25) is 9.59 Å². The molecule has 0 saturated heterocycles. The van der Waals surface area contributed by atoms with Gasteiger partial charge in [0, 0.05) is 17.7 Å². The van der Waals surface area contributed by atoms with E-state index in [0.717, 1.165) is 22.6 Å². The van der Waals surface area contributed by atoms with Gasteiger partial charge in [0.15, 0.2) is 5.78 Å². The lowest BCUT2D eigenvalue weighted by molar-refractivity contribution is -0.112. The number of benzene rings is 3. The van der Waals surface area contributed by atoms with Crippen molar-refractivity contribution in [3.8, 4) is 5.75 Å². The summed E-state index contributed by atoms with van der Waals surface area (Å²) in [6, 6.07) is 24.0. The topological polar surface area (TPSA) is 55.4 Å². The number of ketones is 1. The van der Waals surface area contributed by atoms with Gasteiger partial charge in [0.25, 0.3) is 5.91 Å². The normalized spacial score (nSPS) is 13.4. The first kappa shape index (κ1) is 17.7. The maximum atomic E-state index is 13.3. The Bertz CT molecular complexity index is 1070. The molecule has 0 unspecified atom stereocenters. The van der Waals surface area contributed by atoms with Gasteiger partial charge in [-0.25, -0.2) is 0 Å². The third-order valence-electron chi connectivity index (χ3n) is 4.86. The standard InChI is InChI=1S/C24H19NO3/c1-28-19-13-11-16(12-14-19)20-15-18-9-5-6-10-21(18)25-24(27)22(20)23(26)17-7-3-2-4-8-17/h2-14H,15H2,1H3,(H,25,27). The number of hydrogen-bond donors (Lipinski definition) is 1. The van der Waals surface area contributed by atoms with E-state index in [1.165, 1.54) is 0 Å². The lowest BCUT2D eigenvalue weighted by Crippen LogP contribution is -2.21. The number of rotatable bonds is 4. The van der Waals surface area contributed by atoms with E-state index < -0.39 is 0 Å². The number of carbonyl (C=O) groups excluding carboxylic acids is 2. The fourth-order valence-electron chi connectivity index (χ4n) is 3.41. The number of para-hydroxylation sites is 1. The Morgan fingerprint density at radius 2 is 1.57 bits per heavy atom. The predicted octanol–water partition coefficient (Wildman–Crippen LogP) is 4.53. The van der Waals surface area contributed by atoms with Crippen LogP contribution in [0.5, 0.6) is 5.75 Å². The first-order chi connectivity index (χ1) is 13.7. The Balaban J connectivity index is 1.90. The fraction of sp³-hybridized carbons (Fsp3) is 0.0833. The van der Waals surface area contributed by atoms with E-state index >= 15 is 0 Å². The molecule has 0 bridgehead atoms. The largest absolute Gasteiger partial charge is 0.497 e. The third kappa shape index (κ3) is 3.32. The summed E-state index contributed by atoms with van der Waals surface area (Å²) in [5, 5.41) is 2.90. The molecule has 0 radical (unpaired) electrons. The number of amides is 1. The molecule has 1 aliphatic heterocycles. The van der Waals surface area contributed by atoms with Crippen LogP contribution in [0.3, 0.4) is 0 Å². The molecule has 1 aliphatic rings. The lowest BCUT2D eigenvalue weighted by atomic mass is 9.90. The molecular formula is C24H19NO3. The molecule has 4 heteroatoms. The van der Waals surface area contributed by atoms with Crippen molar-refractivity contribution in [3.63, 3.8) is 0 Å². The second-order valence-corrected chi connectivity index (χ2v) is 6.57. The molecular weight excluding hydrogens is 350 g/mol. The zero-order chi connectivity index (χ0) is 19.5. The summed E-state index contributed by atoms with van der Waals surface area (Å²) in [7, 11) is 1.61. The second-order valence-electron chi connectivity index (χ2n) is 6.57. The highest BCUT2D eigenvalue weighted by atomic mass is 16.5. The van der Waals surface area contributed by atoms with Gasteiger partial charge in [0.1, 0.15) is 5.75 Å². The maximum absolute atomic E-state index is 13.3. The number of methoxy groups -OCH3 is 1. The summed E-state index contributed by atoms with van der Waals surface area (Å²) < 4.78 is 5.24. The van der Waals surface area contributed by atoms with E-state index in [1.54, 1.807) is 31.4 Å². The molecule has 0 atom stereocenters. The fourth-order valence-corrected chi connectivity index (χ4v) is 3.41. The molecule has 0 spiro atoms. The summed E-state index contributed by atoms with van der Waals surface area (Å²) in [5.74, 6) is 0.0557. The summed E-state index contributed by atoms with van der Waals surface area (Å²) in [5.41, 5.74) is 3.90. The van der Waals surface area contributed by atoms with Crippen LogP contribution in [0.1, 0.15) is 21.5 Å². The van der Waals surface area contributed by atoms with Gasteiger partial charge in [-0.2, -0.15) is 0 Å². The Kier molecular flexibility index (Phi) is 4.77. The van der Waals surface area contributed by atoms with E-state index in [0.29, 0.717) is 17.6 Å². The zero-order valence-electron chi connectivity index (χ0n) is 15.4. The molecule has 0 fully saturated rings. The van der Waals surface area contributed by atoms with E-state index in [2.05, 4.69) is 5.32 Å². The van der Waals surface area contributed by atoms with Gasteiger partial charge in [-0.1, -0.05) is 60.7 Å². The molecule has 3 aromatic rings. The highest BCUT2D eigenvalue weighted by molar-refractivity contribution is 6.33. The molecule has 138 valence electrons. The lowest BCUT2D eigenvalue weighted by Gasteiger charge is -2.12. The van der Waals surface area contributed by atoms with Crippen molar-refractivity contribution in [1.29, 1.82) is 0 Å². The number of allylic oxidation sites excluding steroid dienone is 1. The Morgan fingerprint density at radius 3 is 2.29 bits per heavy atom. The summed E-state index contributed by atoms with van der Waals surface area (Å²) in [4.78, 5) is 26.4. The summed E-state index contributed by atoms with van der Waals surface area (Å²) in [6.07, 6.45) is 0.481. The number of hydrogen-bond acceptors (Lipinski definition) is 3. The average Bonchev–Trinajstić information content (AvgIpc) is 2.89. The van der Waals surface area contributed by atoms with Crippen LogP contribution in [0.4, 0.5) is 5.69 Å². The number of nitrogens with one attached hydrogen (secondary N) is 1. The van der Waals surface area contributed by atoms with Crippen molar-refractivity contribution in [3.05, 3.63) is 101 Å². The van der Waals surface area contributed by atoms with Crippen LogP contribution >= 0.6 is 0 Å². The van der Waals surface area contributed by atoms with Crippen molar-refractivity contribution < 1.29 is 14.3 Å². The Morgan fingerprint density at radius 1 is 0.893 bits per heavy atom. The molecule has 3 aromatic carbocycles. The van der Waals surface area contributed by atoms with E-state index in [1.807, 2.05) is 54.6 Å². The van der Waals surface area contributed by atoms with Gasteiger partial charge < -0.3 is 10.1 Å². The minimum Gasteiger partial charge on any atom is -0.497 e. The van der Waals surface area contributed by atoms with Crippen molar-refractivity contribution in [2.75, 3.05) is 12.4 Å². The SMILES string of the molecule is COc1ccc(C2=C(C(=O)c3ccccc3)C(=O)Nc3ccccc3C2)cc1. The molecule has 4 nitrogen and oxygen atoms in total. The molecule has 1 heterocycles. The van der Waals surface area contributed by atoms with E-state index in [9.17, 15) is 9.59 Å².